The quantitative estimate of drug-likeness (QED) is 0.743. The number of para-hydroxylation sites is 1. The Morgan fingerprint density at radius 1 is 1.50 bits per heavy atom. The number of fused-ring (bicyclic) bond motifs is 1. The first-order valence-corrected chi connectivity index (χ1v) is 6.98. The number of hydrogen-bond donors (Lipinski definition) is 0. The van der Waals surface area contributed by atoms with Gasteiger partial charge in [0.05, 0.1) is 10.2 Å². The molecule has 0 atom stereocenters. The van der Waals surface area contributed by atoms with Gasteiger partial charge in [-0.15, -0.1) is 23.1 Å². The molecule has 0 unspecified atom stereocenters. The third kappa shape index (κ3) is 1.82. The Bertz CT molecular complexity index is 461. The van der Waals surface area contributed by atoms with Crippen LogP contribution >= 0.6 is 34.9 Å². The number of nitrogens with zero attached hydrogens (tertiary/aromatic N) is 1. The normalized spacial score (nSPS) is 10.6. The van der Waals surface area contributed by atoms with Crippen molar-refractivity contribution in [3.05, 3.63) is 30.2 Å². The fraction of sp³-hybridized carbons (Fsp3) is 0.100. The van der Waals surface area contributed by atoms with Crippen LogP contribution in [0.3, 0.4) is 0 Å². The second kappa shape index (κ2) is 4.38. The van der Waals surface area contributed by atoms with Gasteiger partial charge in [-0.3, -0.25) is 0 Å². The summed E-state index contributed by atoms with van der Waals surface area (Å²) in [5.41, 5.74) is 1.12. The van der Waals surface area contributed by atoms with Crippen molar-refractivity contribution in [3.63, 3.8) is 0 Å². The Kier molecular flexibility index (Phi) is 3.15. The minimum atomic E-state index is 1.07. The molecule has 0 amide bonds. The minimum Gasteiger partial charge on any atom is -0.228 e. The average Bonchev–Trinajstić information content (AvgIpc) is 2.60. The van der Waals surface area contributed by atoms with E-state index in [-0.39, 0.29) is 0 Å². The van der Waals surface area contributed by atoms with Gasteiger partial charge in [-0.25, -0.2) is 4.98 Å². The van der Waals surface area contributed by atoms with Crippen molar-refractivity contribution in [3.8, 4) is 0 Å². The van der Waals surface area contributed by atoms with Crippen molar-refractivity contribution >= 4 is 45.1 Å². The van der Waals surface area contributed by atoms with Crippen molar-refractivity contribution in [2.75, 3.05) is 6.26 Å². The zero-order valence-electron chi connectivity index (χ0n) is 7.69. The van der Waals surface area contributed by atoms with Gasteiger partial charge >= 0.3 is 0 Å². The highest BCUT2D eigenvalue weighted by Gasteiger charge is 2.06. The van der Waals surface area contributed by atoms with Gasteiger partial charge in [0.25, 0.3) is 0 Å². The molecule has 0 bridgehead atoms. The summed E-state index contributed by atoms with van der Waals surface area (Å²) >= 11 is 5.04. The number of thiazole rings is 1. The average molecular weight is 239 g/mol. The fourth-order valence-electron chi connectivity index (χ4n) is 1.19. The predicted octanol–water partition coefficient (Wildman–Crippen LogP) is 4.25. The van der Waals surface area contributed by atoms with Crippen LogP contribution in [0.2, 0.25) is 0 Å². The Hall–Kier alpha value is -0.450. The van der Waals surface area contributed by atoms with Crippen molar-refractivity contribution < 1.29 is 0 Å². The number of hydrogen-bond acceptors (Lipinski definition) is 4. The van der Waals surface area contributed by atoms with Gasteiger partial charge in [0, 0.05) is 4.90 Å². The molecule has 14 heavy (non-hydrogen) atoms. The molecule has 0 spiro atoms. The molecular weight excluding hydrogens is 230 g/mol. The monoisotopic (exact) mass is 239 g/mol. The van der Waals surface area contributed by atoms with E-state index in [4.69, 9.17) is 0 Å². The van der Waals surface area contributed by atoms with Crippen molar-refractivity contribution in [2.45, 2.75) is 9.24 Å². The third-order valence-corrected chi connectivity index (χ3v) is 4.35. The first kappa shape index (κ1) is 10.1. The molecule has 4 heteroatoms. The summed E-state index contributed by atoms with van der Waals surface area (Å²) in [4.78, 5) is 5.81. The molecule has 2 aromatic rings. The van der Waals surface area contributed by atoms with Crippen LogP contribution in [0.5, 0.6) is 0 Å². The first-order chi connectivity index (χ1) is 6.85. The lowest BCUT2D eigenvalue weighted by Crippen LogP contribution is -1.73. The van der Waals surface area contributed by atoms with Crippen LogP contribution in [0.25, 0.3) is 10.2 Å². The first-order valence-electron chi connectivity index (χ1n) is 4.06. The van der Waals surface area contributed by atoms with Gasteiger partial charge in [0.15, 0.2) is 4.34 Å². The highest BCUT2D eigenvalue weighted by molar-refractivity contribution is 8.03. The summed E-state index contributed by atoms with van der Waals surface area (Å²) in [7, 11) is 0. The molecule has 0 N–H and O–H groups in total. The molecule has 0 aliphatic heterocycles. The van der Waals surface area contributed by atoms with E-state index in [1.165, 1.54) is 9.60 Å². The van der Waals surface area contributed by atoms with E-state index < -0.39 is 0 Å². The topological polar surface area (TPSA) is 12.9 Å². The SMILES string of the molecule is C=CSc1nc2c(SC)cccc2s1. The fourth-order valence-corrected chi connectivity index (χ4v) is 3.49. The van der Waals surface area contributed by atoms with Gasteiger partial charge in [-0.2, -0.15) is 0 Å². The lowest BCUT2D eigenvalue weighted by atomic mass is 10.3. The zero-order chi connectivity index (χ0) is 9.97. The van der Waals surface area contributed by atoms with Gasteiger partial charge in [0.2, 0.25) is 0 Å². The van der Waals surface area contributed by atoms with Crippen LogP contribution < -0.4 is 0 Å². The smallest absolute Gasteiger partial charge is 0.155 e. The Balaban J connectivity index is 2.57. The number of benzene rings is 1. The molecule has 0 aliphatic rings. The van der Waals surface area contributed by atoms with E-state index in [0.29, 0.717) is 0 Å². The van der Waals surface area contributed by atoms with Crippen molar-refractivity contribution in [1.29, 1.82) is 0 Å². The van der Waals surface area contributed by atoms with Crippen LogP contribution in [-0.4, -0.2) is 11.2 Å². The molecule has 72 valence electrons. The van der Waals surface area contributed by atoms with Gasteiger partial charge in [-0.05, 0) is 23.8 Å². The summed E-state index contributed by atoms with van der Waals surface area (Å²) < 4.78 is 2.32. The molecule has 0 fully saturated rings. The van der Waals surface area contributed by atoms with Crippen LogP contribution in [0.4, 0.5) is 0 Å². The maximum absolute atomic E-state index is 4.56. The minimum absolute atomic E-state index is 1.07. The number of thioether (sulfide) groups is 2. The molecule has 1 aromatic heterocycles. The lowest BCUT2D eigenvalue weighted by molar-refractivity contribution is 1.28. The Morgan fingerprint density at radius 3 is 3.07 bits per heavy atom. The van der Waals surface area contributed by atoms with E-state index in [1.54, 1.807) is 34.9 Å². The maximum Gasteiger partial charge on any atom is 0.155 e. The van der Waals surface area contributed by atoms with E-state index in [2.05, 4.69) is 36.0 Å². The highest BCUT2D eigenvalue weighted by atomic mass is 32.2. The van der Waals surface area contributed by atoms with E-state index in [9.17, 15) is 0 Å². The standard InChI is InChI=1S/C10H9NS3/c1-3-13-10-11-9-7(12-2)5-4-6-8(9)14-10/h3-6H,1H2,2H3. The molecular formula is C10H9NS3. The Morgan fingerprint density at radius 2 is 2.36 bits per heavy atom. The van der Waals surface area contributed by atoms with E-state index in [1.807, 2.05) is 5.41 Å². The van der Waals surface area contributed by atoms with Gasteiger partial charge in [-0.1, -0.05) is 24.4 Å². The molecule has 0 saturated carbocycles. The van der Waals surface area contributed by atoms with E-state index >= 15 is 0 Å². The third-order valence-electron chi connectivity index (χ3n) is 1.77. The molecule has 0 saturated heterocycles. The second-order valence-corrected chi connectivity index (χ2v) is 5.66. The molecule has 0 radical (unpaired) electrons. The molecule has 1 heterocycles. The summed E-state index contributed by atoms with van der Waals surface area (Å²) in [6.45, 7) is 3.69. The molecule has 0 aliphatic carbocycles. The maximum atomic E-state index is 4.56. The predicted molar refractivity (Wildman–Crippen MR) is 67.5 cm³/mol. The second-order valence-electron chi connectivity index (χ2n) is 2.57. The molecule has 1 nitrogen and oxygen atoms in total. The number of rotatable bonds is 3. The largest absolute Gasteiger partial charge is 0.228 e. The van der Waals surface area contributed by atoms with Crippen molar-refractivity contribution in [2.24, 2.45) is 0 Å². The van der Waals surface area contributed by atoms with Crippen LogP contribution in [-0.2, 0) is 0 Å². The summed E-state index contributed by atoms with van der Waals surface area (Å²) in [5.74, 6) is 0. The van der Waals surface area contributed by atoms with Crippen LogP contribution in [0, 0.1) is 0 Å². The van der Waals surface area contributed by atoms with Gasteiger partial charge in [0.1, 0.15) is 0 Å². The summed E-state index contributed by atoms with van der Waals surface area (Å²) in [5, 5.41) is 1.82. The lowest BCUT2D eigenvalue weighted by Gasteiger charge is -1.94. The Labute approximate surface area is 95.6 Å². The van der Waals surface area contributed by atoms with Crippen LogP contribution in [0.15, 0.2) is 39.4 Å². The molecule has 2 rings (SSSR count). The summed E-state index contributed by atoms with van der Waals surface area (Å²) in [6.07, 6.45) is 2.08. The zero-order valence-corrected chi connectivity index (χ0v) is 10.1. The molecule has 1 aromatic carbocycles. The van der Waals surface area contributed by atoms with E-state index in [0.717, 1.165) is 9.86 Å². The van der Waals surface area contributed by atoms with Gasteiger partial charge < -0.3 is 0 Å². The van der Waals surface area contributed by atoms with Crippen LogP contribution in [0.1, 0.15) is 0 Å². The van der Waals surface area contributed by atoms with Crippen molar-refractivity contribution in [1.82, 2.24) is 4.98 Å². The highest BCUT2D eigenvalue weighted by Crippen LogP contribution is 2.34. The number of aromatic nitrogens is 1. The summed E-state index contributed by atoms with van der Waals surface area (Å²) in [6, 6.07) is 6.30.